The van der Waals surface area contributed by atoms with Gasteiger partial charge in [0, 0.05) is 164 Å². The van der Waals surface area contributed by atoms with Crippen LogP contribution in [-0.4, -0.2) is 159 Å². The highest BCUT2D eigenvalue weighted by Gasteiger charge is 2.33. The number of halogens is 2. The van der Waals surface area contributed by atoms with Gasteiger partial charge in [-0.15, -0.1) is 20.4 Å². The van der Waals surface area contributed by atoms with Gasteiger partial charge in [0.1, 0.15) is 51.9 Å². The van der Waals surface area contributed by atoms with Gasteiger partial charge in [0.2, 0.25) is 0 Å². The first-order chi connectivity index (χ1) is 64.3. The van der Waals surface area contributed by atoms with E-state index in [-0.39, 0.29) is 23.5 Å². The number of esters is 1. The highest BCUT2D eigenvalue weighted by atomic mass is 19.1. The van der Waals surface area contributed by atoms with Crippen molar-refractivity contribution in [1.29, 1.82) is 0 Å². The summed E-state index contributed by atoms with van der Waals surface area (Å²) >= 11 is 0. The largest absolute Gasteiger partial charge is 0.494 e. The van der Waals surface area contributed by atoms with E-state index in [0.717, 1.165) is 254 Å². The molecule has 133 heavy (non-hydrogen) atoms. The SMILES string of the molecule is CCOC(=O)C1CCN(c2nnc(C)c3c(C)n(-c4ccc(OCC)cc4OC)c(C)c23)CC1.CCOc1ccc(-n2c(C)c3c(C)nnc(N4CCN(c5ccccc5F)CC4)c3c2C)c(OC)c1.CCOc1ccc(-n2c(C)c3c(C)nnc(NCc4ccc(F)cc4)c3c2C)cc1.CCOc1ccc(-n2c(C)c3c(C)nnc(Nc4ccc5c(c4)CCC5)c3c2C)c(OC)c1. The quantitative estimate of drug-likeness (QED) is 0.0505. The lowest BCUT2D eigenvalue weighted by atomic mass is 9.96. The van der Waals surface area contributed by atoms with Crippen LogP contribution >= 0.6 is 0 Å². The molecular weight excluding hydrogens is 1680 g/mol. The molecule has 0 spiro atoms. The zero-order valence-corrected chi connectivity index (χ0v) is 80.1. The monoisotopic (exact) mass is 1800 g/mol. The summed E-state index contributed by atoms with van der Waals surface area (Å²) in [7, 11) is 5.05. The van der Waals surface area contributed by atoms with Crippen molar-refractivity contribution >= 4 is 83.7 Å². The van der Waals surface area contributed by atoms with Gasteiger partial charge in [-0.2, -0.15) is 20.4 Å². The molecule has 2 N–H and O–H groups in total. The molecule has 2 fully saturated rings. The van der Waals surface area contributed by atoms with Crippen molar-refractivity contribution in [3.05, 3.63) is 242 Å². The first-order valence-electron chi connectivity index (χ1n) is 46.0. The summed E-state index contributed by atoms with van der Waals surface area (Å²) in [5, 5.41) is 51.8. The smallest absolute Gasteiger partial charge is 0.309 e. The lowest BCUT2D eigenvalue weighted by molar-refractivity contribution is -0.148. The molecule has 26 nitrogen and oxygen atoms in total. The van der Waals surface area contributed by atoms with E-state index in [0.29, 0.717) is 58.4 Å². The van der Waals surface area contributed by atoms with Crippen molar-refractivity contribution in [1.82, 2.24) is 59.1 Å². The maximum atomic E-state index is 14.3. The molecule has 694 valence electrons. The van der Waals surface area contributed by atoms with E-state index in [1.165, 1.54) is 42.2 Å². The van der Waals surface area contributed by atoms with Gasteiger partial charge in [-0.25, -0.2) is 8.78 Å². The standard InChI is InChI=1S/C28H32FN5O2.C27H30N4O2.C26H34N4O4.C24H25FN4O/c1-6-36-21-11-12-24(25(17-21)35-5)34-19(3)26-18(2)30-31-28(27(26)20(34)4)33-15-13-32(14-16-33)23-10-8-7-9-22(23)29;1-6-33-22-12-13-23(24(15-22)32-5)31-17(3)25-16(2)29-30-27(26(25)18(31)4)28-21-11-10-19-8-7-9-20(19)14-21;1-7-33-20-9-10-21(22(15-20)32-6)30-17(4)23-16(3)27-28-25(24(23)18(30)5)29-13-11-19(12-14-29)26(31)34-8-2;1-5-30-21-12-10-20(11-13-21)29-16(3)22-15(2)27-28-24(23(22)17(29)4)26-14-18-6-8-19(25)9-7-18/h7-12,17H,6,13-16H2,1-5H3;10-15H,6-9H2,1-5H3,(H,28,30);9-10,15,19H,7-8,11-14H2,1-6H3;6-13H,5,14H2,1-4H3,(H,26,28). The van der Waals surface area contributed by atoms with Crippen LogP contribution in [0.25, 0.3) is 65.8 Å². The Labute approximate surface area is 776 Å². The van der Waals surface area contributed by atoms with Crippen molar-refractivity contribution < 1.29 is 51.5 Å². The Morgan fingerprint density at radius 3 is 1.27 bits per heavy atom. The van der Waals surface area contributed by atoms with Crippen molar-refractivity contribution in [2.75, 3.05) is 119 Å². The number of ether oxygens (including phenoxy) is 8. The van der Waals surface area contributed by atoms with Gasteiger partial charge in [0.15, 0.2) is 23.3 Å². The number of carbonyl (C=O) groups is 1. The van der Waals surface area contributed by atoms with Crippen LogP contribution in [0.3, 0.4) is 0 Å². The Bertz CT molecular complexity index is 6750. The Hall–Kier alpha value is -14.1. The van der Waals surface area contributed by atoms with E-state index in [2.05, 4.69) is 170 Å². The third-order valence-electron chi connectivity index (χ3n) is 25.6. The fourth-order valence-corrected chi connectivity index (χ4v) is 19.4. The second-order valence-corrected chi connectivity index (χ2v) is 33.6. The van der Waals surface area contributed by atoms with Gasteiger partial charge in [-0.05, 0) is 264 Å². The lowest BCUT2D eigenvalue weighted by Crippen LogP contribution is -2.47. The highest BCUT2D eigenvalue weighted by molar-refractivity contribution is 6.02. The van der Waals surface area contributed by atoms with E-state index in [9.17, 15) is 13.6 Å². The summed E-state index contributed by atoms with van der Waals surface area (Å²) in [5.41, 5.74) is 21.8. The van der Waals surface area contributed by atoms with E-state index < -0.39 is 0 Å². The molecule has 0 radical (unpaired) electrons. The molecule has 0 unspecified atom stereocenters. The summed E-state index contributed by atoms with van der Waals surface area (Å²) < 4.78 is 81.5. The van der Waals surface area contributed by atoms with Gasteiger partial charge in [0.25, 0.3) is 0 Å². The van der Waals surface area contributed by atoms with Crippen LogP contribution < -0.4 is 58.5 Å². The predicted octanol–water partition coefficient (Wildman–Crippen LogP) is 21.2. The molecule has 15 aromatic rings. The number of piperazine rings is 1. The van der Waals surface area contributed by atoms with E-state index in [1.54, 1.807) is 39.5 Å². The number of nitrogens with one attached hydrogen (secondary N) is 2. The number of hydrogen-bond donors (Lipinski definition) is 2. The fraction of sp³-hybridized carbons (Fsp3) is 0.362. The van der Waals surface area contributed by atoms with Gasteiger partial charge >= 0.3 is 5.97 Å². The van der Waals surface area contributed by atoms with Crippen molar-refractivity contribution in [3.63, 3.8) is 0 Å². The Morgan fingerprint density at radius 2 is 0.789 bits per heavy atom. The average molecular weight is 1800 g/mol. The van der Waals surface area contributed by atoms with Gasteiger partial charge in [-0.1, -0.05) is 30.3 Å². The van der Waals surface area contributed by atoms with Crippen molar-refractivity contribution in [3.8, 4) is 63.0 Å². The normalized spacial score (nSPS) is 13.1. The molecule has 0 amide bonds. The molecule has 3 aliphatic rings. The molecule has 8 aromatic heterocycles. The molecule has 0 bridgehead atoms. The molecule has 7 aromatic carbocycles. The van der Waals surface area contributed by atoms with E-state index in [4.69, 9.17) is 37.9 Å². The van der Waals surface area contributed by atoms with Crippen LogP contribution in [0.15, 0.2) is 146 Å². The summed E-state index contributed by atoms with van der Waals surface area (Å²) in [6, 6.07) is 46.0. The minimum absolute atomic E-state index is 0.0503. The minimum Gasteiger partial charge on any atom is -0.494 e. The number of fused-ring (bicyclic) bond motifs is 5. The molecule has 1 aliphatic carbocycles. The van der Waals surface area contributed by atoms with E-state index >= 15 is 0 Å². The summed E-state index contributed by atoms with van der Waals surface area (Å²) in [6.07, 6.45) is 5.06. The molecule has 2 saturated heterocycles. The van der Waals surface area contributed by atoms with Crippen LogP contribution in [0.2, 0.25) is 0 Å². The molecule has 10 heterocycles. The molecule has 0 saturated carbocycles. The summed E-state index contributed by atoms with van der Waals surface area (Å²) in [4.78, 5) is 18.8. The number of nitrogens with zero attached hydrogens (tertiary/aromatic N) is 15. The number of benzene rings is 7. The van der Waals surface area contributed by atoms with Crippen LogP contribution in [0, 0.1) is 101 Å². The first kappa shape index (κ1) is 93.6. The summed E-state index contributed by atoms with van der Waals surface area (Å²) in [6.45, 7) is 42.4. The fourth-order valence-electron chi connectivity index (χ4n) is 19.4. The minimum atomic E-state index is -0.241. The predicted molar refractivity (Wildman–Crippen MR) is 525 cm³/mol. The molecular formula is C105H121F2N17O9. The van der Waals surface area contributed by atoms with Crippen LogP contribution in [0.5, 0.6) is 40.2 Å². The maximum absolute atomic E-state index is 14.3. The van der Waals surface area contributed by atoms with Crippen molar-refractivity contribution in [2.24, 2.45) is 5.92 Å². The second kappa shape index (κ2) is 41.2. The van der Waals surface area contributed by atoms with Gasteiger partial charge in [0.05, 0.1) is 106 Å². The van der Waals surface area contributed by atoms with Crippen LogP contribution in [-0.2, 0) is 28.9 Å². The number of carbonyl (C=O) groups excluding carboxylic acids is 1. The second-order valence-electron chi connectivity index (χ2n) is 33.6. The number of rotatable bonds is 25. The number of hydrogen-bond acceptors (Lipinski definition) is 22. The Balaban J connectivity index is 0.000000136. The third kappa shape index (κ3) is 19.0. The number of para-hydroxylation sites is 1. The zero-order valence-electron chi connectivity index (χ0n) is 80.1. The maximum Gasteiger partial charge on any atom is 0.309 e. The number of aryl methyl sites for hydroxylation is 14. The zero-order chi connectivity index (χ0) is 94.2. The van der Waals surface area contributed by atoms with Gasteiger partial charge in [-0.3, -0.25) is 4.79 Å². The third-order valence-corrected chi connectivity index (χ3v) is 25.6. The Morgan fingerprint density at radius 1 is 0.383 bits per heavy atom. The number of anilines is 6. The topological polar surface area (TPSA) is 248 Å². The number of piperidine rings is 1. The Kier molecular flexibility index (Phi) is 29.0. The van der Waals surface area contributed by atoms with Gasteiger partial charge < -0.3 is 81.5 Å². The average Bonchev–Trinajstić information content (AvgIpc) is 1.61. The molecule has 0 atom stereocenters. The van der Waals surface area contributed by atoms with Crippen molar-refractivity contribution in [2.45, 2.75) is 156 Å². The van der Waals surface area contributed by atoms with Crippen LogP contribution in [0.1, 0.15) is 139 Å². The first-order valence-corrected chi connectivity index (χ1v) is 46.0. The molecule has 2 aliphatic heterocycles. The number of aromatic nitrogens is 12. The summed E-state index contributed by atoms with van der Waals surface area (Å²) in [5.74, 6) is 8.12. The lowest BCUT2D eigenvalue weighted by Gasteiger charge is -2.37. The highest BCUT2D eigenvalue weighted by Crippen LogP contribution is 2.45. The molecule has 28 heteroatoms. The number of methoxy groups -OCH3 is 3. The molecule has 18 rings (SSSR count). The van der Waals surface area contributed by atoms with Crippen LogP contribution in [0.4, 0.5) is 43.4 Å². The van der Waals surface area contributed by atoms with E-state index in [1.807, 2.05) is 141 Å².